The number of carbonyl (C=O) groups is 2. The molecule has 4 aliphatic rings. The normalized spacial score (nSPS) is 44.8. The number of carbonyl (C=O) groups excluding carboxylic acids is 2. The third kappa shape index (κ3) is 13.3. The number of likely N-dealkylation sites (N-methyl/N-ethyl adjacent to an activating group) is 1. The molecule has 0 aromatic rings. The molecule has 60 heavy (non-hydrogen) atoms. The van der Waals surface area contributed by atoms with Crippen molar-refractivity contribution in [3.63, 3.8) is 0 Å². The van der Waals surface area contributed by atoms with E-state index in [4.69, 9.17) is 33.2 Å². The van der Waals surface area contributed by atoms with Gasteiger partial charge in [-0.3, -0.25) is 9.59 Å². The lowest BCUT2D eigenvalue weighted by molar-refractivity contribution is -0.304. The molecular weight excluding hydrogens is 776 g/mol. The third-order valence-electron chi connectivity index (χ3n) is 13.2. The van der Waals surface area contributed by atoms with E-state index in [1.165, 1.54) is 20.6 Å². The van der Waals surface area contributed by atoms with Gasteiger partial charge < -0.3 is 63.8 Å². The Morgan fingerprint density at radius 1 is 0.833 bits per heavy atom. The predicted molar refractivity (Wildman–Crippen MR) is 225 cm³/mol. The van der Waals surface area contributed by atoms with Gasteiger partial charge in [-0.15, -0.1) is 0 Å². The van der Waals surface area contributed by atoms with Gasteiger partial charge in [0.1, 0.15) is 30.5 Å². The Morgan fingerprint density at radius 3 is 2.08 bits per heavy atom. The van der Waals surface area contributed by atoms with E-state index < -0.39 is 103 Å². The molecule has 0 aromatic heterocycles. The molecule has 3 saturated heterocycles. The summed E-state index contributed by atoms with van der Waals surface area (Å²) >= 11 is 0. The molecule has 3 fully saturated rings. The van der Waals surface area contributed by atoms with Crippen LogP contribution >= 0.6 is 0 Å². The van der Waals surface area contributed by atoms with E-state index in [9.17, 15) is 30.0 Å². The summed E-state index contributed by atoms with van der Waals surface area (Å²) in [5.41, 5.74) is 0.760. The average Bonchev–Trinajstić information content (AvgIpc) is 3.20. The van der Waals surface area contributed by atoms with Crippen molar-refractivity contribution in [2.24, 2.45) is 35.5 Å². The molecule has 19 atom stereocenters. The van der Waals surface area contributed by atoms with Crippen LogP contribution in [0.4, 0.5) is 0 Å². The molecule has 4 aliphatic heterocycles. The van der Waals surface area contributed by atoms with Crippen LogP contribution in [0.5, 0.6) is 0 Å². The minimum absolute atomic E-state index is 0.0423. The van der Waals surface area contributed by atoms with Crippen LogP contribution in [0.2, 0.25) is 0 Å². The van der Waals surface area contributed by atoms with Crippen molar-refractivity contribution in [2.75, 3.05) is 47.5 Å². The van der Waals surface area contributed by atoms with Crippen molar-refractivity contribution >= 4 is 11.8 Å². The van der Waals surface area contributed by atoms with E-state index in [0.29, 0.717) is 31.1 Å². The lowest BCUT2D eigenvalue weighted by Crippen LogP contribution is -2.63. The minimum atomic E-state index is -1.24. The van der Waals surface area contributed by atoms with E-state index in [0.717, 1.165) is 25.2 Å². The van der Waals surface area contributed by atoms with Crippen molar-refractivity contribution in [2.45, 2.75) is 167 Å². The van der Waals surface area contributed by atoms with Gasteiger partial charge in [-0.1, -0.05) is 52.3 Å². The second-order valence-corrected chi connectivity index (χ2v) is 18.3. The highest BCUT2D eigenvalue weighted by Gasteiger charge is 2.47. The molecule has 15 nitrogen and oxygen atoms in total. The molecule has 4 heterocycles. The van der Waals surface area contributed by atoms with Gasteiger partial charge in [0.2, 0.25) is 0 Å². The monoisotopic (exact) mass is 855 g/mol. The number of cyclic esters (lactones) is 1. The molecule has 0 aliphatic carbocycles. The summed E-state index contributed by atoms with van der Waals surface area (Å²) in [6.45, 7) is 18.2. The SMILES string of the molecule is CC[C@H]1OC(=O)C[C@@H](O)[C@H](C)[C@@H](O[C@@H]2O[C@H](C)[C@@H](O)[C@H](NC)[C@H]2O)[C@@H](CCN2C[C@H](C)C[C@H](C)C2)C[C@@H](C)C(=O)/C=C/C(C)=C/[C@@H]1CO[C@@H]1O[C@H](C)[C@@H](O)[C@@H](OC)[C@H]1OC. The number of methoxy groups -OCH3 is 2. The Kier molecular flexibility index (Phi) is 20.1. The van der Waals surface area contributed by atoms with E-state index in [-0.39, 0.29) is 24.7 Å². The van der Waals surface area contributed by atoms with Crippen molar-refractivity contribution in [1.29, 1.82) is 0 Å². The van der Waals surface area contributed by atoms with E-state index in [1.54, 1.807) is 33.0 Å². The minimum Gasteiger partial charge on any atom is -0.462 e. The van der Waals surface area contributed by atoms with Gasteiger partial charge in [-0.2, -0.15) is 0 Å². The van der Waals surface area contributed by atoms with Gasteiger partial charge in [-0.25, -0.2) is 0 Å². The van der Waals surface area contributed by atoms with Crippen LogP contribution in [0.3, 0.4) is 0 Å². The number of ketones is 1. The number of hydrogen-bond acceptors (Lipinski definition) is 15. The maximum Gasteiger partial charge on any atom is 0.308 e. The first-order chi connectivity index (χ1) is 28.4. The summed E-state index contributed by atoms with van der Waals surface area (Å²) in [5, 5.41) is 47.8. The second-order valence-electron chi connectivity index (χ2n) is 18.3. The predicted octanol–water partition coefficient (Wildman–Crippen LogP) is 3.00. The van der Waals surface area contributed by atoms with Crippen LogP contribution in [-0.4, -0.2) is 164 Å². The van der Waals surface area contributed by atoms with Crippen molar-refractivity contribution < 1.29 is 63.2 Å². The van der Waals surface area contributed by atoms with E-state index >= 15 is 0 Å². The van der Waals surface area contributed by atoms with Crippen LogP contribution in [0.1, 0.15) is 87.5 Å². The van der Waals surface area contributed by atoms with Gasteiger partial charge >= 0.3 is 5.97 Å². The number of nitrogens with one attached hydrogen (secondary N) is 1. The first-order valence-corrected chi connectivity index (χ1v) is 22.3. The number of hydrogen-bond donors (Lipinski definition) is 5. The highest BCUT2D eigenvalue weighted by Crippen LogP contribution is 2.35. The van der Waals surface area contributed by atoms with Crippen LogP contribution in [0.15, 0.2) is 23.8 Å². The summed E-state index contributed by atoms with van der Waals surface area (Å²) in [6, 6.07) is -0.735. The lowest BCUT2D eigenvalue weighted by Gasteiger charge is -2.45. The maximum atomic E-state index is 13.9. The number of aliphatic hydroxyl groups is 4. The fourth-order valence-corrected chi connectivity index (χ4v) is 9.76. The van der Waals surface area contributed by atoms with Crippen LogP contribution in [0.25, 0.3) is 0 Å². The molecule has 15 heteroatoms. The van der Waals surface area contributed by atoms with Gasteiger partial charge in [0.05, 0.1) is 49.6 Å². The molecule has 0 spiro atoms. The number of piperidine rings is 1. The number of nitrogens with zero attached hydrogens (tertiary/aromatic N) is 1. The Morgan fingerprint density at radius 2 is 1.47 bits per heavy atom. The average molecular weight is 855 g/mol. The number of esters is 1. The largest absolute Gasteiger partial charge is 0.462 e. The molecule has 4 rings (SSSR count). The quantitative estimate of drug-likeness (QED) is 0.180. The van der Waals surface area contributed by atoms with Crippen molar-refractivity contribution in [3.8, 4) is 0 Å². The molecule has 0 amide bonds. The number of allylic oxidation sites excluding steroid dienone is 3. The second kappa shape index (κ2) is 23.7. The zero-order valence-corrected chi connectivity index (χ0v) is 38.0. The van der Waals surface area contributed by atoms with Crippen molar-refractivity contribution in [3.05, 3.63) is 23.8 Å². The molecule has 0 bridgehead atoms. The van der Waals surface area contributed by atoms with Gasteiger partial charge in [0.25, 0.3) is 0 Å². The summed E-state index contributed by atoms with van der Waals surface area (Å²) in [6.07, 6.45) is -3.01. The first-order valence-electron chi connectivity index (χ1n) is 22.3. The summed E-state index contributed by atoms with van der Waals surface area (Å²) in [7, 11) is 4.63. The maximum absolute atomic E-state index is 13.9. The van der Waals surface area contributed by atoms with Gasteiger partial charge in [0, 0.05) is 45.1 Å². The van der Waals surface area contributed by atoms with Gasteiger partial charge in [-0.05, 0) is 83.9 Å². The van der Waals surface area contributed by atoms with Crippen LogP contribution in [0, 0.1) is 35.5 Å². The summed E-state index contributed by atoms with van der Waals surface area (Å²) in [4.78, 5) is 30.2. The Labute approximate surface area is 358 Å². The molecule has 5 N–H and O–H groups in total. The number of ether oxygens (including phenoxy) is 7. The van der Waals surface area contributed by atoms with E-state index in [1.807, 2.05) is 33.8 Å². The zero-order valence-electron chi connectivity index (χ0n) is 38.0. The Balaban J connectivity index is 1.67. The molecule has 0 unspecified atom stereocenters. The molecule has 0 radical (unpaired) electrons. The topological polar surface area (TPSA) is 195 Å². The highest BCUT2D eigenvalue weighted by molar-refractivity contribution is 5.91. The number of rotatable bonds is 12. The van der Waals surface area contributed by atoms with E-state index in [2.05, 4.69) is 24.1 Å². The lowest BCUT2D eigenvalue weighted by atomic mass is 9.79. The Hall–Kier alpha value is -1.86. The third-order valence-corrected chi connectivity index (χ3v) is 13.2. The van der Waals surface area contributed by atoms with Crippen molar-refractivity contribution in [1.82, 2.24) is 10.2 Å². The summed E-state index contributed by atoms with van der Waals surface area (Å²) in [5.74, 6) is -1.46. The number of aliphatic hydroxyl groups excluding tert-OH is 4. The highest BCUT2D eigenvalue weighted by atomic mass is 16.7. The fraction of sp³-hybridized carbons (Fsp3) is 0.867. The van der Waals surface area contributed by atoms with Crippen LogP contribution in [-0.2, 0) is 42.7 Å². The molecule has 0 aromatic carbocycles. The van der Waals surface area contributed by atoms with Gasteiger partial charge in [0.15, 0.2) is 18.4 Å². The molecule has 346 valence electrons. The molecule has 0 saturated carbocycles. The zero-order chi connectivity index (χ0) is 44.4. The number of likely N-dealkylation sites (tertiary alicyclic amines) is 1. The molecular formula is C45H78N2O13. The first kappa shape index (κ1) is 50.8. The standard InChI is InChI=1S/C45H78N2O13/c1-12-35-32(23-56-45-43(55-11)42(54-10)39(52)30(8)58-45)18-24(2)13-14-33(48)27(5)19-31(15-16-47-21-25(3)17-26(4)22-47)41(28(6)34(49)20-36(50)59-35)60-44-40(53)37(46-9)38(51)29(7)57-44/h13-14,18,25-32,34-35,37-46,49,51-53H,12,15-17,19-23H2,1-11H3/b14-13+,24-18+/t25-,26+,27-,28+,29-,30-,31+,32-,34-,35-,37+,38-,39-,40-,41-,42-,43-,44+,45-/m1/s1. The smallest absolute Gasteiger partial charge is 0.308 e. The fourth-order valence-electron chi connectivity index (χ4n) is 9.76. The Bertz CT molecular complexity index is 1390. The summed E-state index contributed by atoms with van der Waals surface area (Å²) < 4.78 is 42.5. The van der Waals surface area contributed by atoms with Crippen LogP contribution < -0.4 is 5.32 Å².